The highest BCUT2D eigenvalue weighted by molar-refractivity contribution is 7.89. The third kappa shape index (κ3) is 2.95. The molecule has 2 aromatic rings. The van der Waals surface area contributed by atoms with E-state index in [1.165, 1.54) is 6.07 Å². The fourth-order valence-corrected chi connectivity index (χ4v) is 3.88. The van der Waals surface area contributed by atoms with E-state index in [0.717, 1.165) is 17.7 Å². The van der Waals surface area contributed by atoms with Crippen molar-refractivity contribution in [2.75, 3.05) is 6.61 Å². The molecule has 2 aromatic carbocycles. The molecule has 0 aliphatic carbocycles. The topological polar surface area (TPSA) is 55.4 Å². The molecule has 1 atom stereocenters. The van der Waals surface area contributed by atoms with E-state index in [-0.39, 0.29) is 5.02 Å². The Kier molecular flexibility index (Phi) is 4.08. The van der Waals surface area contributed by atoms with Gasteiger partial charge in [-0.05, 0) is 24.3 Å². The van der Waals surface area contributed by atoms with Crippen LogP contribution in [0.3, 0.4) is 0 Å². The maximum atomic E-state index is 13.9. The van der Waals surface area contributed by atoms with Gasteiger partial charge in [0, 0.05) is 17.0 Å². The Bertz CT molecular complexity index is 810. The minimum Gasteiger partial charge on any atom is -0.493 e. The number of benzene rings is 2. The Hall–Kier alpha value is -1.63. The van der Waals surface area contributed by atoms with Gasteiger partial charge in [-0.15, -0.1) is 0 Å². The van der Waals surface area contributed by atoms with E-state index in [1.807, 2.05) is 6.07 Å². The first-order valence-electron chi connectivity index (χ1n) is 6.66. The number of hydrogen-bond acceptors (Lipinski definition) is 3. The van der Waals surface area contributed by atoms with Crippen LogP contribution in [0, 0.1) is 5.82 Å². The molecule has 1 unspecified atom stereocenters. The van der Waals surface area contributed by atoms with E-state index in [9.17, 15) is 12.8 Å². The minimum atomic E-state index is -3.99. The highest BCUT2D eigenvalue weighted by atomic mass is 35.5. The van der Waals surface area contributed by atoms with Crippen molar-refractivity contribution in [2.24, 2.45) is 0 Å². The number of para-hydroxylation sites is 1. The molecule has 1 N–H and O–H groups in total. The number of halogens is 2. The van der Waals surface area contributed by atoms with Crippen molar-refractivity contribution < 1.29 is 17.5 Å². The molecule has 0 radical (unpaired) electrons. The van der Waals surface area contributed by atoms with Crippen LogP contribution in [-0.4, -0.2) is 15.0 Å². The molecule has 0 fully saturated rings. The van der Waals surface area contributed by atoms with Crippen molar-refractivity contribution in [1.82, 2.24) is 4.72 Å². The van der Waals surface area contributed by atoms with Gasteiger partial charge in [-0.3, -0.25) is 0 Å². The summed E-state index contributed by atoms with van der Waals surface area (Å²) in [6.07, 6.45) is 0.478. The van der Waals surface area contributed by atoms with Crippen LogP contribution in [0.2, 0.25) is 5.02 Å². The molecule has 0 saturated carbocycles. The lowest BCUT2D eigenvalue weighted by Crippen LogP contribution is -2.32. The van der Waals surface area contributed by atoms with Crippen molar-refractivity contribution >= 4 is 21.6 Å². The fraction of sp³-hybridized carbons (Fsp3) is 0.200. The zero-order valence-electron chi connectivity index (χ0n) is 11.4. The van der Waals surface area contributed by atoms with Gasteiger partial charge in [0.15, 0.2) is 0 Å². The Morgan fingerprint density at radius 3 is 2.77 bits per heavy atom. The Morgan fingerprint density at radius 1 is 1.23 bits per heavy atom. The van der Waals surface area contributed by atoms with E-state index >= 15 is 0 Å². The first kappa shape index (κ1) is 15.3. The molecule has 0 spiro atoms. The average Bonchev–Trinajstić information content (AvgIpc) is 2.47. The van der Waals surface area contributed by atoms with Crippen molar-refractivity contribution in [3.63, 3.8) is 0 Å². The minimum absolute atomic E-state index is 0.146. The zero-order chi connectivity index (χ0) is 15.7. The van der Waals surface area contributed by atoms with Gasteiger partial charge < -0.3 is 4.74 Å². The van der Waals surface area contributed by atoms with Gasteiger partial charge in [-0.25, -0.2) is 17.5 Å². The number of rotatable bonds is 3. The quantitative estimate of drug-likeness (QED) is 0.932. The number of fused-ring (bicyclic) bond motifs is 1. The van der Waals surface area contributed by atoms with Gasteiger partial charge in [-0.2, -0.15) is 0 Å². The third-order valence-corrected chi connectivity index (χ3v) is 5.18. The standard InChI is InChI=1S/C15H13ClFNO3S/c16-10-5-6-15(12(17)9-10)22(19,20)18-13-7-8-21-14-4-2-1-3-11(13)14/h1-6,9,13,18H,7-8H2. The molecule has 1 heterocycles. The largest absolute Gasteiger partial charge is 0.493 e. The van der Waals surface area contributed by atoms with Crippen LogP contribution >= 0.6 is 11.6 Å². The number of ether oxygens (including phenoxy) is 1. The van der Waals surface area contributed by atoms with Gasteiger partial charge >= 0.3 is 0 Å². The Balaban J connectivity index is 1.93. The molecule has 4 nitrogen and oxygen atoms in total. The van der Waals surface area contributed by atoms with Crippen molar-refractivity contribution in [2.45, 2.75) is 17.4 Å². The summed E-state index contributed by atoms with van der Waals surface area (Å²) in [5.74, 6) is -0.238. The summed E-state index contributed by atoms with van der Waals surface area (Å²) in [5, 5.41) is 0.146. The van der Waals surface area contributed by atoms with Crippen molar-refractivity contribution in [1.29, 1.82) is 0 Å². The predicted octanol–water partition coefficient (Wildman–Crippen LogP) is 3.28. The number of hydrogen-bond donors (Lipinski definition) is 1. The van der Waals surface area contributed by atoms with Crippen molar-refractivity contribution in [3.05, 3.63) is 58.9 Å². The van der Waals surface area contributed by atoms with Crippen LogP contribution < -0.4 is 9.46 Å². The van der Waals surface area contributed by atoms with Gasteiger partial charge in [-0.1, -0.05) is 29.8 Å². The second kappa shape index (κ2) is 5.87. The fourth-order valence-electron chi connectivity index (χ4n) is 2.41. The molecule has 0 aromatic heterocycles. The average molecular weight is 342 g/mol. The molecular weight excluding hydrogens is 329 g/mol. The van der Waals surface area contributed by atoms with Crippen LogP contribution in [0.15, 0.2) is 47.4 Å². The lowest BCUT2D eigenvalue weighted by Gasteiger charge is -2.26. The van der Waals surface area contributed by atoms with Gasteiger partial charge in [0.2, 0.25) is 10.0 Å². The van der Waals surface area contributed by atoms with E-state index < -0.39 is 26.8 Å². The molecule has 116 valence electrons. The summed E-state index contributed by atoms with van der Waals surface area (Å²) >= 11 is 5.65. The maximum absolute atomic E-state index is 13.9. The molecule has 1 aliphatic heterocycles. The third-order valence-electron chi connectivity index (χ3n) is 3.44. The molecule has 0 bridgehead atoms. The van der Waals surface area contributed by atoms with Crippen LogP contribution in [0.25, 0.3) is 0 Å². The lowest BCUT2D eigenvalue weighted by molar-refractivity contribution is 0.263. The van der Waals surface area contributed by atoms with Crippen molar-refractivity contribution in [3.8, 4) is 5.75 Å². The van der Waals surface area contributed by atoms with Gasteiger partial charge in [0.1, 0.15) is 16.5 Å². The van der Waals surface area contributed by atoms with E-state index in [0.29, 0.717) is 18.8 Å². The smallest absolute Gasteiger partial charge is 0.244 e. The first-order chi connectivity index (χ1) is 10.5. The monoisotopic (exact) mass is 341 g/mol. The molecular formula is C15H13ClFNO3S. The summed E-state index contributed by atoms with van der Waals surface area (Å²) in [7, 11) is -3.99. The van der Waals surface area contributed by atoms with E-state index in [1.54, 1.807) is 18.2 Å². The van der Waals surface area contributed by atoms with Crippen LogP contribution in [-0.2, 0) is 10.0 Å². The molecule has 7 heteroatoms. The Morgan fingerprint density at radius 2 is 2.00 bits per heavy atom. The lowest BCUT2D eigenvalue weighted by atomic mass is 10.0. The van der Waals surface area contributed by atoms with Crippen LogP contribution in [0.4, 0.5) is 4.39 Å². The van der Waals surface area contributed by atoms with Crippen LogP contribution in [0.1, 0.15) is 18.0 Å². The molecule has 0 saturated heterocycles. The highest BCUT2D eigenvalue weighted by Gasteiger charge is 2.28. The number of sulfonamides is 1. The maximum Gasteiger partial charge on any atom is 0.244 e. The summed E-state index contributed by atoms with van der Waals surface area (Å²) in [5.41, 5.74) is 0.742. The molecule has 3 rings (SSSR count). The van der Waals surface area contributed by atoms with Crippen LogP contribution in [0.5, 0.6) is 5.75 Å². The summed E-state index contributed by atoms with van der Waals surface area (Å²) in [4.78, 5) is -0.416. The normalized spacial score (nSPS) is 17.6. The predicted molar refractivity (Wildman–Crippen MR) is 81.0 cm³/mol. The summed E-state index contributed by atoms with van der Waals surface area (Å²) < 4.78 is 46.7. The molecule has 0 amide bonds. The number of nitrogens with one attached hydrogen (secondary N) is 1. The molecule has 22 heavy (non-hydrogen) atoms. The zero-order valence-corrected chi connectivity index (χ0v) is 13.0. The Labute approximate surface area is 132 Å². The highest BCUT2D eigenvalue weighted by Crippen LogP contribution is 2.33. The first-order valence-corrected chi connectivity index (χ1v) is 8.52. The second-order valence-corrected chi connectivity index (χ2v) is 7.04. The van der Waals surface area contributed by atoms with Gasteiger partial charge in [0.05, 0.1) is 12.6 Å². The summed E-state index contributed by atoms with van der Waals surface area (Å²) in [6, 6.07) is 10.2. The summed E-state index contributed by atoms with van der Waals surface area (Å²) in [6.45, 7) is 0.396. The molecule has 1 aliphatic rings. The van der Waals surface area contributed by atoms with E-state index in [4.69, 9.17) is 16.3 Å². The second-order valence-electron chi connectivity index (χ2n) is 4.92. The van der Waals surface area contributed by atoms with E-state index in [2.05, 4.69) is 4.72 Å². The SMILES string of the molecule is O=S(=O)(NC1CCOc2ccccc21)c1ccc(Cl)cc1F. The van der Waals surface area contributed by atoms with Gasteiger partial charge in [0.25, 0.3) is 0 Å².